The number of carbonyl (C=O) groups is 1. The van der Waals surface area contributed by atoms with Gasteiger partial charge in [0.2, 0.25) is 5.91 Å². The Morgan fingerprint density at radius 2 is 1.83 bits per heavy atom. The Balaban J connectivity index is 1.45. The largest absolute Gasteiger partial charge is 0.493 e. The van der Waals surface area contributed by atoms with Gasteiger partial charge in [0, 0.05) is 57.7 Å². The Morgan fingerprint density at radius 1 is 1.05 bits per heavy atom. The molecule has 0 spiro atoms. The summed E-state index contributed by atoms with van der Waals surface area (Å²) in [6.07, 6.45) is 3.73. The van der Waals surface area contributed by atoms with Crippen LogP contribution in [0.5, 0.6) is 17.2 Å². The lowest BCUT2D eigenvalue weighted by atomic mass is 10.0. The molecule has 222 valence electrons. The van der Waals surface area contributed by atoms with Crippen molar-refractivity contribution >= 4 is 5.91 Å². The molecular formula is C29H36F2N4O6. The van der Waals surface area contributed by atoms with E-state index in [0.29, 0.717) is 44.3 Å². The second-order valence-corrected chi connectivity index (χ2v) is 10.2. The topological polar surface area (TPSA) is 98.5 Å². The zero-order chi connectivity index (χ0) is 29.4. The second kappa shape index (κ2) is 13.7. The lowest BCUT2D eigenvalue weighted by Gasteiger charge is -2.33. The zero-order valence-electron chi connectivity index (χ0n) is 23.5. The van der Waals surface area contributed by atoms with E-state index in [-0.39, 0.29) is 38.0 Å². The van der Waals surface area contributed by atoms with Crippen LogP contribution < -0.4 is 14.2 Å². The van der Waals surface area contributed by atoms with Crippen LogP contribution in [-0.2, 0) is 22.6 Å². The molecule has 1 fully saturated rings. The van der Waals surface area contributed by atoms with Crippen molar-refractivity contribution in [3.63, 3.8) is 0 Å². The first-order valence-electron chi connectivity index (χ1n) is 13.3. The molecular weight excluding hydrogens is 538 g/mol. The van der Waals surface area contributed by atoms with E-state index in [1.165, 1.54) is 12.0 Å². The summed E-state index contributed by atoms with van der Waals surface area (Å²) < 4.78 is 51.3. The highest BCUT2D eigenvalue weighted by Crippen LogP contribution is 2.29. The third-order valence-electron chi connectivity index (χ3n) is 6.63. The Kier molecular flexibility index (Phi) is 10.1. The number of amides is 1. The minimum Gasteiger partial charge on any atom is -0.493 e. The molecule has 1 aliphatic heterocycles. The van der Waals surface area contributed by atoms with Crippen LogP contribution in [0.2, 0.25) is 0 Å². The molecule has 2 aromatic carbocycles. The second-order valence-electron chi connectivity index (χ2n) is 10.2. The van der Waals surface area contributed by atoms with Crippen molar-refractivity contribution in [3.05, 3.63) is 71.6 Å². The molecule has 1 saturated heterocycles. The first kappa shape index (κ1) is 30.2. The number of hydrogen-bond donors (Lipinski definition) is 1. The van der Waals surface area contributed by atoms with Crippen molar-refractivity contribution in [1.29, 1.82) is 0 Å². The number of methoxy groups -OCH3 is 2. The molecule has 1 atom stereocenters. The predicted octanol–water partition coefficient (Wildman–Crippen LogP) is 2.66. The molecule has 1 unspecified atom stereocenters. The average molecular weight is 575 g/mol. The maximum absolute atomic E-state index is 13.7. The maximum atomic E-state index is 13.7. The number of carbonyl (C=O) groups excluding carboxylic acids is 1. The van der Waals surface area contributed by atoms with Crippen LogP contribution >= 0.6 is 0 Å². The van der Waals surface area contributed by atoms with Crippen LogP contribution in [0.4, 0.5) is 8.78 Å². The highest BCUT2D eigenvalue weighted by Gasteiger charge is 2.37. The first-order valence-corrected chi connectivity index (χ1v) is 13.3. The van der Waals surface area contributed by atoms with Gasteiger partial charge in [-0.1, -0.05) is 6.07 Å². The zero-order valence-corrected chi connectivity index (χ0v) is 23.5. The number of aromatic nitrogens is 2. The van der Waals surface area contributed by atoms with Gasteiger partial charge in [0.25, 0.3) is 0 Å². The third-order valence-corrected chi connectivity index (χ3v) is 6.63. The summed E-state index contributed by atoms with van der Waals surface area (Å²) >= 11 is 0. The van der Waals surface area contributed by atoms with Crippen molar-refractivity contribution in [3.8, 4) is 17.2 Å². The minimum atomic E-state index is -1.53. The Bertz CT molecular complexity index is 1300. The molecule has 41 heavy (non-hydrogen) atoms. The summed E-state index contributed by atoms with van der Waals surface area (Å²) in [4.78, 5) is 16.2. The fourth-order valence-corrected chi connectivity index (χ4v) is 4.75. The number of β-amino-alcohol motifs (C(OH)–C–C–N with tert-alkyl or cyclic N) is 1. The van der Waals surface area contributed by atoms with Crippen molar-refractivity contribution in [1.82, 2.24) is 19.6 Å². The summed E-state index contributed by atoms with van der Waals surface area (Å²) in [5, 5.41) is 15.8. The van der Waals surface area contributed by atoms with Crippen molar-refractivity contribution in [2.75, 3.05) is 60.2 Å². The monoisotopic (exact) mass is 574 g/mol. The number of hydrogen-bond acceptors (Lipinski definition) is 8. The van der Waals surface area contributed by atoms with E-state index in [2.05, 4.69) is 5.10 Å². The Hall–Kier alpha value is -3.74. The highest BCUT2D eigenvalue weighted by molar-refractivity contribution is 5.77. The van der Waals surface area contributed by atoms with Crippen LogP contribution in [0.3, 0.4) is 0 Å². The molecule has 1 aliphatic rings. The SMILES string of the molecule is COCC(=O)N1CCN(Cc2ccc(OCCn3cc(C)cn3)c(OC)c2)CC(O)(COc2cc(F)cc(F)c2)C1. The van der Waals surface area contributed by atoms with E-state index < -0.39 is 17.2 Å². The molecule has 12 heteroatoms. The summed E-state index contributed by atoms with van der Waals surface area (Å²) in [5.74, 6) is -0.742. The van der Waals surface area contributed by atoms with Crippen LogP contribution in [0.1, 0.15) is 11.1 Å². The minimum absolute atomic E-state index is 0.0324. The standard InChI is InChI=1S/C29H36F2N4O6/c1-21-14-32-35(15-21)8-9-40-26-5-4-22(10-27(26)39-3)16-33-6-7-34(28(36)17-38-2)19-29(37,18-33)20-41-25-12-23(30)11-24(31)13-25/h4-5,10-15,37H,6-9,16-20H2,1-3H3. The van der Waals surface area contributed by atoms with Crippen molar-refractivity contribution in [2.24, 2.45) is 0 Å². The van der Waals surface area contributed by atoms with Gasteiger partial charge in [-0.25, -0.2) is 8.78 Å². The van der Waals surface area contributed by atoms with Crippen molar-refractivity contribution < 1.29 is 37.6 Å². The van der Waals surface area contributed by atoms with E-state index in [1.807, 2.05) is 40.9 Å². The molecule has 4 rings (SSSR count). The van der Waals surface area contributed by atoms with Gasteiger partial charge in [0.1, 0.15) is 42.8 Å². The van der Waals surface area contributed by atoms with Gasteiger partial charge in [-0.2, -0.15) is 5.10 Å². The van der Waals surface area contributed by atoms with Gasteiger partial charge in [0.05, 0.1) is 26.4 Å². The lowest BCUT2D eigenvalue weighted by Crippen LogP contribution is -2.52. The molecule has 0 saturated carbocycles. The quantitative estimate of drug-likeness (QED) is 0.353. The summed E-state index contributed by atoms with van der Waals surface area (Å²) in [5.41, 5.74) is 0.456. The summed E-state index contributed by atoms with van der Waals surface area (Å²) in [6, 6.07) is 8.45. The fraction of sp³-hybridized carbons (Fsp3) is 0.448. The van der Waals surface area contributed by atoms with Gasteiger partial charge in [-0.05, 0) is 30.2 Å². The van der Waals surface area contributed by atoms with Gasteiger partial charge in [0.15, 0.2) is 11.5 Å². The van der Waals surface area contributed by atoms with Crippen LogP contribution in [0, 0.1) is 18.6 Å². The van der Waals surface area contributed by atoms with Crippen LogP contribution in [-0.4, -0.2) is 96.4 Å². The van der Waals surface area contributed by atoms with Gasteiger partial charge < -0.3 is 29.0 Å². The average Bonchev–Trinajstić information content (AvgIpc) is 3.26. The van der Waals surface area contributed by atoms with Gasteiger partial charge in [-0.3, -0.25) is 14.4 Å². The molecule has 2 heterocycles. The number of benzene rings is 2. The van der Waals surface area contributed by atoms with E-state index >= 15 is 0 Å². The Labute approximate surface area is 238 Å². The smallest absolute Gasteiger partial charge is 0.248 e. The number of rotatable bonds is 12. The third kappa shape index (κ3) is 8.62. The first-order chi connectivity index (χ1) is 19.7. The number of aliphatic hydroxyl groups is 1. The van der Waals surface area contributed by atoms with E-state index in [1.54, 1.807) is 13.3 Å². The number of nitrogens with zero attached hydrogens (tertiary/aromatic N) is 4. The molecule has 1 aromatic heterocycles. The van der Waals surface area contributed by atoms with Crippen LogP contribution in [0.25, 0.3) is 0 Å². The van der Waals surface area contributed by atoms with Crippen LogP contribution in [0.15, 0.2) is 48.8 Å². The number of halogens is 2. The molecule has 1 amide bonds. The maximum Gasteiger partial charge on any atom is 0.248 e. The van der Waals surface area contributed by atoms with Gasteiger partial charge >= 0.3 is 0 Å². The molecule has 3 aromatic rings. The summed E-state index contributed by atoms with van der Waals surface area (Å²) in [7, 11) is 2.99. The lowest BCUT2D eigenvalue weighted by molar-refractivity contribution is -0.138. The molecule has 10 nitrogen and oxygen atoms in total. The fourth-order valence-electron chi connectivity index (χ4n) is 4.75. The van der Waals surface area contributed by atoms with E-state index in [0.717, 1.165) is 29.3 Å². The van der Waals surface area contributed by atoms with E-state index in [9.17, 15) is 18.7 Å². The highest BCUT2D eigenvalue weighted by atomic mass is 19.1. The van der Waals surface area contributed by atoms with Gasteiger partial charge in [-0.15, -0.1) is 0 Å². The Morgan fingerprint density at radius 3 is 2.51 bits per heavy atom. The molecule has 0 aliphatic carbocycles. The summed E-state index contributed by atoms with van der Waals surface area (Å²) in [6.45, 7) is 3.93. The molecule has 0 bridgehead atoms. The molecule has 1 N–H and O–H groups in total. The normalized spacial score (nSPS) is 17.8. The number of aryl methyl sites for hydroxylation is 1. The molecule has 0 radical (unpaired) electrons. The predicted molar refractivity (Wildman–Crippen MR) is 146 cm³/mol. The number of ether oxygens (including phenoxy) is 4. The van der Waals surface area contributed by atoms with E-state index in [4.69, 9.17) is 18.9 Å². The van der Waals surface area contributed by atoms with Crippen molar-refractivity contribution in [2.45, 2.75) is 25.6 Å².